The van der Waals surface area contributed by atoms with E-state index in [0.29, 0.717) is 34.2 Å². The fraction of sp³-hybridized carbons (Fsp3) is 0.263. The van der Waals surface area contributed by atoms with Crippen LogP contribution in [-0.4, -0.2) is 46.8 Å². The van der Waals surface area contributed by atoms with Gasteiger partial charge in [0, 0.05) is 11.6 Å². The first-order valence-corrected chi connectivity index (χ1v) is 8.04. The first kappa shape index (κ1) is 19.9. The molecule has 0 unspecified atom stereocenters. The van der Waals surface area contributed by atoms with E-state index in [1.165, 1.54) is 28.4 Å². The first-order valence-electron chi connectivity index (χ1n) is 8.04. The van der Waals surface area contributed by atoms with E-state index >= 15 is 0 Å². The van der Waals surface area contributed by atoms with Crippen LogP contribution in [0, 0.1) is 0 Å². The first-order chi connectivity index (χ1) is 13.0. The number of hydrogen-bond donors (Lipinski definition) is 2. The maximum absolute atomic E-state index is 12.2. The lowest BCUT2D eigenvalue weighted by Crippen LogP contribution is -2.32. The average molecular weight is 374 g/mol. The molecule has 2 aromatic carbocycles. The van der Waals surface area contributed by atoms with Crippen molar-refractivity contribution in [2.45, 2.75) is 0 Å². The molecule has 0 aliphatic heterocycles. The molecule has 0 atom stereocenters. The van der Waals surface area contributed by atoms with E-state index in [-0.39, 0.29) is 6.54 Å². The highest BCUT2D eigenvalue weighted by atomic mass is 16.5. The van der Waals surface area contributed by atoms with Crippen LogP contribution in [-0.2, 0) is 4.79 Å². The molecule has 27 heavy (non-hydrogen) atoms. The molecule has 0 bridgehead atoms. The highest BCUT2D eigenvalue weighted by Gasteiger charge is 2.13. The fourth-order valence-electron chi connectivity index (χ4n) is 2.34. The van der Waals surface area contributed by atoms with Gasteiger partial charge in [0.25, 0.3) is 5.91 Å². The van der Waals surface area contributed by atoms with Gasteiger partial charge in [0.2, 0.25) is 5.91 Å². The van der Waals surface area contributed by atoms with Gasteiger partial charge >= 0.3 is 0 Å². The summed E-state index contributed by atoms with van der Waals surface area (Å²) in [7, 11) is 6.02. The zero-order valence-electron chi connectivity index (χ0n) is 15.6. The van der Waals surface area contributed by atoms with Gasteiger partial charge in [-0.05, 0) is 30.3 Å². The molecule has 2 aromatic rings. The van der Waals surface area contributed by atoms with Crippen LogP contribution in [0.2, 0.25) is 0 Å². The molecule has 0 saturated carbocycles. The van der Waals surface area contributed by atoms with Gasteiger partial charge < -0.3 is 29.6 Å². The van der Waals surface area contributed by atoms with E-state index in [2.05, 4.69) is 10.6 Å². The number of benzene rings is 2. The number of ether oxygens (including phenoxy) is 4. The van der Waals surface area contributed by atoms with E-state index in [9.17, 15) is 9.59 Å². The maximum atomic E-state index is 12.2. The molecule has 0 radical (unpaired) electrons. The van der Waals surface area contributed by atoms with Gasteiger partial charge in [-0.2, -0.15) is 0 Å². The highest BCUT2D eigenvalue weighted by Crippen LogP contribution is 2.29. The van der Waals surface area contributed by atoms with Crippen molar-refractivity contribution >= 4 is 17.5 Å². The molecule has 0 aliphatic rings. The number of methoxy groups -OCH3 is 4. The summed E-state index contributed by atoms with van der Waals surface area (Å²) in [6.45, 7) is -0.206. The largest absolute Gasteiger partial charge is 0.497 e. The molecule has 144 valence electrons. The molecular formula is C19H22N2O6. The normalized spacial score (nSPS) is 9.93. The molecule has 2 amide bonds. The van der Waals surface area contributed by atoms with Crippen molar-refractivity contribution in [2.24, 2.45) is 0 Å². The standard InChI is InChI=1S/C19H22N2O6/c1-24-13-6-7-14(16(10-13)26-3)21-18(22)11-20-19(23)12-5-8-15(25-2)17(9-12)27-4/h5-10H,11H2,1-4H3,(H,20,23)(H,21,22). The lowest BCUT2D eigenvalue weighted by atomic mass is 10.2. The molecule has 8 heteroatoms. The van der Waals surface area contributed by atoms with Gasteiger partial charge in [-0.3, -0.25) is 9.59 Å². The summed E-state index contributed by atoms with van der Waals surface area (Å²) < 4.78 is 20.6. The monoisotopic (exact) mass is 374 g/mol. The van der Waals surface area contributed by atoms with Crippen molar-refractivity contribution in [3.05, 3.63) is 42.0 Å². The van der Waals surface area contributed by atoms with Crippen molar-refractivity contribution in [2.75, 3.05) is 40.3 Å². The van der Waals surface area contributed by atoms with Crippen LogP contribution in [0.15, 0.2) is 36.4 Å². The van der Waals surface area contributed by atoms with Crippen LogP contribution in [0.1, 0.15) is 10.4 Å². The quantitative estimate of drug-likeness (QED) is 0.735. The van der Waals surface area contributed by atoms with Crippen molar-refractivity contribution in [1.29, 1.82) is 0 Å². The van der Waals surface area contributed by atoms with Gasteiger partial charge in [0.1, 0.15) is 11.5 Å². The van der Waals surface area contributed by atoms with E-state index in [4.69, 9.17) is 18.9 Å². The SMILES string of the molecule is COc1ccc(NC(=O)CNC(=O)c2ccc(OC)c(OC)c2)c(OC)c1. The van der Waals surface area contributed by atoms with Crippen LogP contribution in [0.4, 0.5) is 5.69 Å². The molecule has 0 spiro atoms. The minimum absolute atomic E-state index is 0.206. The van der Waals surface area contributed by atoms with E-state index < -0.39 is 11.8 Å². The smallest absolute Gasteiger partial charge is 0.251 e. The third kappa shape index (κ3) is 5.04. The Kier molecular flexibility index (Phi) is 6.87. The Morgan fingerprint density at radius 2 is 1.52 bits per heavy atom. The van der Waals surface area contributed by atoms with Crippen LogP contribution in [0.3, 0.4) is 0 Å². The van der Waals surface area contributed by atoms with E-state index in [0.717, 1.165) is 0 Å². The fourth-order valence-corrected chi connectivity index (χ4v) is 2.34. The Morgan fingerprint density at radius 1 is 0.815 bits per heavy atom. The number of anilines is 1. The molecule has 0 saturated heterocycles. The minimum atomic E-state index is -0.409. The number of carbonyl (C=O) groups is 2. The lowest BCUT2D eigenvalue weighted by Gasteiger charge is -2.12. The zero-order chi connectivity index (χ0) is 19.8. The second kappa shape index (κ2) is 9.33. The van der Waals surface area contributed by atoms with Crippen LogP contribution < -0.4 is 29.6 Å². The predicted octanol–water partition coefficient (Wildman–Crippen LogP) is 2.09. The Balaban J connectivity index is 1.98. The third-order valence-electron chi connectivity index (χ3n) is 3.74. The molecule has 2 rings (SSSR count). The number of amides is 2. The molecular weight excluding hydrogens is 352 g/mol. The Labute approximate surface area is 157 Å². The van der Waals surface area contributed by atoms with E-state index in [1.807, 2.05) is 0 Å². The number of hydrogen-bond acceptors (Lipinski definition) is 6. The van der Waals surface area contributed by atoms with Crippen molar-refractivity contribution in [1.82, 2.24) is 5.32 Å². The molecule has 0 heterocycles. The van der Waals surface area contributed by atoms with Gasteiger partial charge in [-0.25, -0.2) is 0 Å². The van der Waals surface area contributed by atoms with Crippen LogP contribution >= 0.6 is 0 Å². The Morgan fingerprint density at radius 3 is 2.15 bits per heavy atom. The number of nitrogens with one attached hydrogen (secondary N) is 2. The summed E-state index contributed by atoms with van der Waals surface area (Å²) in [5.41, 5.74) is 0.825. The molecule has 0 aliphatic carbocycles. The topological polar surface area (TPSA) is 95.1 Å². The minimum Gasteiger partial charge on any atom is -0.497 e. The Hall–Kier alpha value is -3.42. The lowest BCUT2D eigenvalue weighted by molar-refractivity contribution is -0.115. The molecule has 0 fully saturated rings. The molecule has 2 N–H and O–H groups in total. The number of carbonyl (C=O) groups excluding carboxylic acids is 2. The Bertz CT molecular complexity index is 822. The average Bonchev–Trinajstić information content (AvgIpc) is 2.71. The van der Waals surface area contributed by atoms with Crippen molar-refractivity contribution in [3.63, 3.8) is 0 Å². The summed E-state index contributed by atoms with van der Waals surface area (Å²) in [5.74, 6) is 1.19. The summed E-state index contributed by atoms with van der Waals surface area (Å²) >= 11 is 0. The molecule has 0 aromatic heterocycles. The van der Waals surface area contributed by atoms with Crippen molar-refractivity contribution < 1.29 is 28.5 Å². The summed E-state index contributed by atoms with van der Waals surface area (Å²) in [4.78, 5) is 24.4. The van der Waals surface area contributed by atoms with Gasteiger partial charge in [-0.15, -0.1) is 0 Å². The summed E-state index contributed by atoms with van der Waals surface area (Å²) in [6, 6.07) is 9.75. The number of rotatable bonds is 8. The van der Waals surface area contributed by atoms with Gasteiger partial charge in [0.05, 0.1) is 40.7 Å². The maximum Gasteiger partial charge on any atom is 0.251 e. The van der Waals surface area contributed by atoms with Gasteiger partial charge in [0.15, 0.2) is 11.5 Å². The predicted molar refractivity (Wildman–Crippen MR) is 100 cm³/mol. The summed E-state index contributed by atoms with van der Waals surface area (Å²) in [5, 5.41) is 5.24. The second-order valence-corrected chi connectivity index (χ2v) is 5.37. The zero-order valence-corrected chi connectivity index (χ0v) is 15.6. The van der Waals surface area contributed by atoms with E-state index in [1.54, 1.807) is 36.4 Å². The van der Waals surface area contributed by atoms with Crippen molar-refractivity contribution in [3.8, 4) is 23.0 Å². The second-order valence-electron chi connectivity index (χ2n) is 5.37. The van der Waals surface area contributed by atoms with Crippen LogP contribution in [0.5, 0.6) is 23.0 Å². The molecule has 8 nitrogen and oxygen atoms in total. The third-order valence-corrected chi connectivity index (χ3v) is 3.74. The van der Waals surface area contributed by atoms with Crippen LogP contribution in [0.25, 0.3) is 0 Å². The van der Waals surface area contributed by atoms with Gasteiger partial charge in [-0.1, -0.05) is 0 Å². The highest BCUT2D eigenvalue weighted by molar-refractivity contribution is 6.00. The summed E-state index contributed by atoms with van der Waals surface area (Å²) in [6.07, 6.45) is 0.